The van der Waals surface area contributed by atoms with Crippen molar-refractivity contribution in [3.8, 4) is 11.3 Å². The summed E-state index contributed by atoms with van der Waals surface area (Å²) >= 11 is 0. The first-order valence-electron chi connectivity index (χ1n) is 15.3. The fraction of sp³-hybridized carbons (Fsp3) is 0.485. The maximum absolute atomic E-state index is 14.3. The molecule has 0 spiro atoms. The molecule has 1 aromatic heterocycles. The number of imidazole rings is 1. The minimum absolute atomic E-state index is 0.0206. The zero-order valence-corrected chi connectivity index (χ0v) is 24.3. The van der Waals surface area contributed by atoms with Crippen molar-refractivity contribution in [2.45, 2.75) is 69.2 Å². The van der Waals surface area contributed by atoms with E-state index in [1.54, 1.807) is 6.33 Å². The quantitative estimate of drug-likeness (QED) is 0.417. The lowest BCUT2D eigenvalue weighted by molar-refractivity contribution is 0.0341. The Balaban J connectivity index is 1.21. The minimum atomic E-state index is -0.433. The molecule has 222 valence electrons. The number of methoxy groups -OCH3 is 1. The van der Waals surface area contributed by atoms with Crippen molar-refractivity contribution in [1.29, 1.82) is 0 Å². The molecule has 0 bridgehead atoms. The second-order valence-corrected chi connectivity index (χ2v) is 11.6. The number of fused-ring (bicyclic) bond motifs is 1. The van der Waals surface area contributed by atoms with Crippen molar-refractivity contribution in [1.82, 2.24) is 25.1 Å². The highest BCUT2D eigenvalue weighted by Crippen LogP contribution is 2.35. The normalized spacial score (nSPS) is 22.5. The van der Waals surface area contributed by atoms with Gasteiger partial charge in [-0.3, -0.25) is 4.79 Å². The van der Waals surface area contributed by atoms with Crippen LogP contribution in [-0.4, -0.2) is 78.0 Å². The highest BCUT2D eigenvalue weighted by molar-refractivity contribution is 5.98. The number of rotatable bonds is 8. The molecule has 9 heteroatoms. The van der Waals surface area contributed by atoms with Crippen LogP contribution in [0.1, 0.15) is 59.8 Å². The molecule has 6 rings (SSSR count). The van der Waals surface area contributed by atoms with E-state index in [9.17, 15) is 9.59 Å². The number of carbonyl (C=O) groups excluding carboxylic acids is 2. The maximum Gasteiger partial charge on any atom is 0.407 e. The Hall–Kier alpha value is -3.69. The second-order valence-electron chi connectivity index (χ2n) is 11.6. The summed E-state index contributed by atoms with van der Waals surface area (Å²) in [6.07, 6.45) is 8.03. The molecule has 3 aliphatic rings. The number of hydrogen-bond acceptors (Lipinski definition) is 6. The third kappa shape index (κ3) is 6.08. The number of aromatic nitrogens is 2. The smallest absolute Gasteiger partial charge is 0.407 e. The number of hydrogen-bond donors (Lipinski definition) is 2. The Labute approximate surface area is 247 Å². The molecule has 2 aliphatic carbocycles. The molecule has 1 saturated heterocycles. The molecular weight excluding hydrogens is 530 g/mol. The van der Waals surface area contributed by atoms with E-state index in [2.05, 4.69) is 39.5 Å². The molecule has 3 aromatic rings. The van der Waals surface area contributed by atoms with E-state index in [1.807, 2.05) is 35.2 Å². The van der Waals surface area contributed by atoms with Crippen LogP contribution in [0.4, 0.5) is 4.79 Å². The summed E-state index contributed by atoms with van der Waals surface area (Å²) < 4.78 is 13.3. The molecule has 2 N–H and O–H groups in total. The maximum atomic E-state index is 14.3. The molecule has 2 aromatic carbocycles. The predicted molar refractivity (Wildman–Crippen MR) is 160 cm³/mol. The first-order chi connectivity index (χ1) is 20.6. The number of carbonyl (C=O) groups is 2. The molecule has 42 heavy (non-hydrogen) atoms. The second kappa shape index (κ2) is 13.1. The number of nitrogens with zero attached hydrogens (tertiary/aromatic N) is 3. The summed E-state index contributed by atoms with van der Waals surface area (Å²) in [5, 5.41) is 6.50. The van der Waals surface area contributed by atoms with E-state index >= 15 is 0 Å². The molecule has 9 nitrogen and oxygen atoms in total. The summed E-state index contributed by atoms with van der Waals surface area (Å²) in [6, 6.07) is 18.5. The van der Waals surface area contributed by atoms with Gasteiger partial charge in [-0.1, -0.05) is 67.4 Å². The fourth-order valence-corrected chi connectivity index (χ4v) is 6.90. The van der Waals surface area contributed by atoms with Crippen LogP contribution in [-0.2, 0) is 22.3 Å². The number of piperazine rings is 1. The Bertz CT molecular complexity index is 1350. The zero-order chi connectivity index (χ0) is 28.9. The molecular formula is C33H41N5O4. The van der Waals surface area contributed by atoms with Gasteiger partial charge in [0.15, 0.2) is 5.69 Å². The first-order valence-corrected chi connectivity index (χ1v) is 15.3. The first kappa shape index (κ1) is 28.4. The average Bonchev–Trinajstić information content (AvgIpc) is 3.66. The van der Waals surface area contributed by atoms with Gasteiger partial charge in [0.25, 0.3) is 5.91 Å². The average molecular weight is 572 g/mol. The van der Waals surface area contributed by atoms with Crippen LogP contribution in [0.25, 0.3) is 11.3 Å². The van der Waals surface area contributed by atoms with E-state index in [0.717, 1.165) is 69.3 Å². The summed E-state index contributed by atoms with van der Waals surface area (Å²) in [5.41, 5.74) is 4.97. The van der Waals surface area contributed by atoms with Crippen molar-refractivity contribution in [2.75, 3.05) is 33.4 Å². The van der Waals surface area contributed by atoms with Crippen molar-refractivity contribution >= 4 is 12.0 Å². The molecule has 1 aliphatic heterocycles. The SMILES string of the molecule is COC(=O)N[C@H]1CCCC[C@@H]1n1cnc(C(=O)N2CCNCC2CCOC2Cc3ccccc3C2)c1-c1ccccc1. The molecule has 1 unspecified atom stereocenters. The Morgan fingerprint density at radius 2 is 1.76 bits per heavy atom. The Morgan fingerprint density at radius 3 is 2.52 bits per heavy atom. The van der Waals surface area contributed by atoms with Crippen LogP contribution in [0.3, 0.4) is 0 Å². The summed E-state index contributed by atoms with van der Waals surface area (Å²) in [6.45, 7) is 2.71. The van der Waals surface area contributed by atoms with Crippen molar-refractivity contribution in [2.24, 2.45) is 0 Å². The minimum Gasteiger partial charge on any atom is -0.453 e. The van der Waals surface area contributed by atoms with Gasteiger partial charge in [0, 0.05) is 37.8 Å². The van der Waals surface area contributed by atoms with Crippen molar-refractivity contribution in [3.05, 3.63) is 77.7 Å². The van der Waals surface area contributed by atoms with E-state index in [0.29, 0.717) is 18.8 Å². The number of ether oxygens (including phenoxy) is 2. The lowest BCUT2D eigenvalue weighted by Crippen LogP contribution is -2.54. The monoisotopic (exact) mass is 571 g/mol. The number of benzene rings is 2. The number of alkyl carbamates (subject to hydrolysis) is 1. The van der Waals surface area contributed by atoms with Crippen molar-refractivity contribution < 1.29 is 19.1 Å². The van der Waals surface area contributed by atoms with Crippen LogP contribution >= 0.6 is 0 Å². The fourth-order valence-electron chi connectivity index (χ4n) is 6.90. The Morgan fingerprint density at radius 1 is 1.02 bits per heavy atom. The third-order valence-corrected chi connectivity index (χ3v) is 9.05. The summed E-state index contributed by atoms with van der Waals surface area (Å²) in [5.74, 6) is -0.0549. The third-order valence-electron chi connectivity index (χ3n) is 9.05. The number of amides is 2. The topological polar surface area (TPSA) is 97.7 Å². The molecule has 2 amide bonds. The van der Waals surface area contributed by atoms with Gasteiger partial charge in [0.05, 0.1) is 37.3 Å². The van der Waals surface area contributed by atoms with Gasteiger partial charge in [-0.25, -0.2) is 9.78 Å². The Kier molecular flexibility index (Phi) is 8.86. The largest absolute Gasteiger partial charge is 0.453 e. The van der Waals surface area contributed by atoms with E-state index in [4.69, 9.17) is 14.5 Å². The lowest BCUT2D eigenvalue weighted by Gasteiger charge is -2.36. The highest BCUT2D eigenvalue weighted by atomic mass is 16.5. The van der Waals surface area contributed by atoms with Gasteiger partial charge < -0.3 is 29.6 Å². The van der Waals surface area contributed by atoms with Gasteiger partial charge in [0.2, 0.25) is 0 Å². The van der Waals surface area contributed by atoms with Crippen LogP contribution in [0.2, 0.25) is 0 Å². The van der Waals surface area contributed by atoms with Gasteiger partial charge in [-0.2, -0.15) is 0 Å². The van der Waals surface area contributed by atoms with Crippen molar-refractivity contribution in [3.63, 3.8) is 0 Å². The summed E-state index contributed by atoms with van der Waals surface area (Å²) in [4.78, 5) is 33.2. The standard InChI is InChI=1S/C33H41N5O4/c1-41-33(40)36-28-13-7-8-14-29(28)38-22-35-30(31(38)23-9-3-2-4-10-23)32(39)37-17-16-34-21-26(37)15-18-42-27-19-24-11-5-6-12-25(24)20-27/h2-6,9-12,22,26-29,34H,7-8,13-21H2,1H3,(H,36,40)/t26?,28-,29-/m0/s1. The zero-order valence-electron chi connectivity index (χ0n) is 24.3. The van der Waals surface area contributed by atoms with Crippen LogP contribution in [0, 0.1) is 0 Å². The van der Waals surface area contributed by atoms with Crippen LogP contribution in [0.15, 0.2) is 60.9 Å². The van der Waals surface area contributed by atoms with Gasteiger partial charge in [-0.05, 0) is 43.2 Å². The number of nitrogens with one attached hydrogen (secondary N) is 2. The summed E-state index contributed by atoms with van der Waals surface area (Å²) in [7, 11) is 1.39. The predicted octanol–water partition coefficient (Wildman–Crippen LogP) is 4.38. The van der Waals surface area contributed by atoms with E-state index in [-0.39, 0.29) is 30.1 Å². The van der Waals surface area contributed by atoms with E-state index in [1.165, 1.54) is 18.2 Å². The molecule has 2 heterocycles. The van der Waals surface area contributed by atoms with E-state index < -0.39 is 6.09 Å². The van der Waals surface area contributed by atoms with Crippen LogP contribution < -0.4 is 10.6 Å². The highest BCUT2D eigenvalue weighted by Gasteiger charge is 2.35. The van der Waals surface area contributed by atoms with Gasteiger partial charge >= 0.3 is 6.09 Å². The molecule has 1 saturated carbocycles. The molecule has 0 radical (unpaired) electrons. The van der Waals surface area contributed by atoms with Crippen LogP contribution in [0.5, 0.6) is 0 Å². The molecule has 2 fully saturated rings. The van der Waals surface area contributed by atoms with Gasteiger partial charge in [-0.15, -0.1) is 0 Å². The molecule has 3 atom stereocenters. The van der Waals surface area contributed by atoms with Gasteiger partial charge in [0.1, 0.15) is 0 Å². The lowest BCUT2D eigenvalue weighted by atomic mass is 9.89.